The van der Waals surface area contributed by atoms with Crippen molar-refractivity contribution in [3.05, 3.63) is 64.4 Å². The first-order valence-corrected chi connectivity index (χ1v) is 9.14. The first-order valence-electron chi connectivity index (χ1n) is 7.32. The topological polar surface area (TPSA) is 63.7 Å². The predicted molar refractivity (Wildman–Crippen MR) is 92.6 cm³/mol. The molecule has 0 aliphatic rings. The van der Waals surface area contributed by atoms with Gasteiger partial charge in [-0.15, -0.1) is 0 Å². The van der Waals surface area contributed by atoms with Gasteiger partial charge in [-0.25, -0.2) is 21.9 Å². The van der Waals surface area contributed by atoms with Crippen LogP contribution < -0.4 is 0 Å². The second-order valence-electron chi connectivity index (χ2n) is 5.50. The molecule has 0 aromatic heterocycles. The van der Waals surface area contributed by atoms with Crippen molar-refractivity contribution in [2.45, 2.75) is 17.9 Å². The fraction of sp³-hybridized carbons (Fsp3) is 0.235. The second kappa shape index (κ2) is 7.51. The lowest BCUT2D eigenvalue weighted by Gasteiger charge is -2.16. The summed E-state index contributed by atoms with van der Waals surface area (Å²) in [6.07, 6.45) is -0.727. The third kappa shape index (κ3) is 4.18. The van der Waals surface area contributed by atoms with E-state index >= 15 is 0 Å². The molecule has 0 aliphatic heterocycles. The Morgan fingerprint density at radius 1 is 1.20 bits per heavy atom. The van der Waals surface area contributed by atoms with E-state index in [1.807, 2.05) is 0 Å². The number of hydrogen-bond donors (Lipinski definition) is 0. The van der Waals surface area contributed by atoms with Crippen LogP contribution in [0.1, 0.15) is 28.9 Å². The van der Waals surface area contributed by atoms with Crippen LogP contribution in [0.3, 0.4) is 0 Å². The van der Waals surface area contributed by atoms with E-state index in [0.717, 1.165) is 22.5 Å². The highest BCUT2D eigenvalue weighted by atomic mass is 35.5. The SMILES string of the molecule is C[C@@H](OC(=O)c1cc(S(=O)(=O)N(C)C)ccc1F)c1ccccc1Cl. The lowest BCUT2D eigenvalue weighted by Crippen LogP contribution is -2.23. The highest BCUT2D eigenvalue weighted by molar-refractivity contribution is 7.89. The molecule has 0 amide bonds. The molecule has 2 aromatic rings. The summed E-state index contributed by atoms with van der Waals surface area (Å²) in [6, 6.07) is 9.78. The van der Waals surface area contributed by atoms with E-state index in [9.17, 15) is 17.6 Å². The summed E-state index contributed by atoms with van der Waals surface area (Å²) in [5.41, 5.74) is 0.108. The van der Waals surface area contributed by atoms with Gasteiger partial charge in [0.05, 0.1) is 10.5 Å². The van der Waals surface area contributed by atoms with Crippen molar-refractivity contribution >= 4 is 27.6 Å². The largest absolute Gasteiger partial charge is 0.454 e. The number of rotatable bonds is 5. The van der Waals surface area contributed by atoms with Crippen LogP contribution in [0.25, 0.3) is 0 Å². The number of carbonyl (C=O) groups is 1. The van der Waals surface area contributed by atoms with Crippen LogP contribution >= 0.6 is 11.6 Å². The molecule has 0 radical (unpaired) electrons. The van der Waals surface area contributed by atoms with Gasteiger partial charge in [0.2, 0.25) is 10.0 Å². The number of ether oxygens (including phenoxy) is 1. The molecule has 0 aliphatic carbocycles. The molecule has 0 saturated carbocycles. The van der Waals surface area contributed by atoms with Crippen LogP contribution in [0.4, 0.5) is 4.39 Å². The summed E-state index contributed by atoms with van der Waals surface area (Å²) in [6.45, 7) is 1.59. The van der Waals surface area contributed by atoms with Gasteiger partial charge < -0.3 is 4.74 Å². The second-order valence-corrected chi connectivity index (χ2v) is 8.06. The molecule has 0 heterocycles. The third-order valence-electron chi connectivity index (χ3n) is 3.56. The van der Waals surface area contributed by atoms with E-state index in [0.29, 0.717) is 10.6 Å². The Labute approximate surface area is 151 Å². The zero-order valence-electron chi connectivity index (χ0n) is 13.9. The quantitative estimate of drug-likeness (QED) is 0.737. The summed E-state index contributed by atoms with van der Waals surface area (Å²) in [7, 11) is -1.11. The van der Waals surface area contributed by atoms with Gasteiger partial charge in [-0.05, 0) is 31.2 Å². The van der Waals surface area contributed by atoms with Gasteiger partial charge in [-0.2, -0.15) is 0 Å². The molecule has 0 bridgehead atoms. The van der Waals surface area contributed by atoms with Gasteiger partial charge in [-0.1, -0.05) is 29.8 Å². The Balaban J connectivity index is 2.32. The maximum atomic E-state index is 14.0. The standard InChI is InChI=1S/C17H17ClFNO4S/c1-11(13-6-4-5-7-15(13)18)24-17(21)14-10-12(8-9-16(14)19)25(22,23)20(2)3/h4-11H,1-3H3/t11-/m1/s1. The Hall–Kier alpha value is -1.96. The molecule has 0 saturated heterocycles. The Kier molecular flexibility index (Phi) is 5.82. The summed E-state index contributed by atoms with van der Waals surface area (Å²) in [5, 5.41) is 0.409. The molecule has 0 unspecified atom stereocenters. The van der Waals surface area contributed by atoms with E-state index < -0.39 is 33.5 Å². The lowest BCUT2D eigenvalue weighted by molar-refractivity contribution is 0.0332. The first kappa shape index (κ1) is 19.4. The first-order chi connectivity index (χ1) is 11.6. The van der Waals surface area contributed by atoms with Crippen LogP contribution in [0, 0.1) is 5.82 Å². The molecule has 0 fully saturated rings. The molecule has 2 rings (SSSR count). The van der Waals surface area contributed by atoms with Crippen molar-refractivity contribution < 1.29 is 22.3 Å². The van der Waals surface area contributed by atoms with Crippen molar-refractivity contribution in [3.63, 3.8) is 0 Å². The zero-order valence-corrected chi connectivity index (χ0v) is 15.4. The molecule has 8 heteroatoms. The molecule has 2 aromatic carbocycles. The summed E-state index contributed by atoms with van der Waals surface area (Å²) in [5.74, 6) is -1.84. The van der Waals surface area contributed by atoms with Gasteiger partial charge in [0.25, 0.3) is 0 Å². The minimum absolute atomic E-state index is 0.198. The number of sulfonamides is 1. The Morgan fingerprint density at radius 3 is 2.44 bits per heavy atom. The minimum atomic E-state index is -3.80. The maximum absolute atomic E-state index is 14.0. The molecular formula is C17H17ClFNO4S. The minimum Gasteiger partial charge on any atom is -0.454 e. The van der Waals surface area contributed by atoms with E-state index in [1.54, 1.807) is 31.2 Å². The molecular weight excluding hydrogens is 369 g/mol. The van der Waals surface area contributed by atoms with E-state index in [4.69, 9.17) is 16.3 Å². The van der Waals surface area contributed by atoms with Crippen LogP contribution in [-0.4, -0.2) is 32.8 Å². The number of nitrogens with zero attached hydrogens (tertiary/aromatic N) is 1. The van der Waals surface area contributed by atoms with Crippen molar-refractivity contribution in [1.29, 1.82) is 0 Å². The number of benzene rings is 2. The van der Waals surface area contributed by atoms with Gasteiger partial charge in [0, 0.05) is 24.7 Å². The smallest absolute Gasteiger partial charge is 0.341 e. The molecule has 25 heavy (non-hydrogen) atoms. The molecule has 1 atom stereocenters. The van der Waals surface area contributed by atoms with Crippen molar-refractivity contribution in [3.8, 4) is 0 Å². The van der Waals surface area contributed by atoms with Crippen LogP contribution in [0.2, 0.25) is 5.02 Å². The van der Waals surface area contributed by atoms with Crippen molar-refractivity contribution in [1.82, 2.24) is 4.31 Å². The fourth-order valence-corrected chi connectivity index (χ4v) is 3.34. The van der Waals surface area contributed by atoms with Crippen molar-refractivity contribution in [2.24, 2.45) is 0 Å². The summed E-state index contributed by atoms with van der Waals surface area (Å²) in [4.78, 5) is 12.1. The number of halogens is 2. The normalized spacial score (nSPS) is 12.9. The lowest BCUT2D eigenvalue weighted by atomic mass is 10.1. The summed E-state index contributed by atoms with van der Waals surface area (Å²) < 4.78 is 44.5. The van der Waals surface area contributed by atoms with Crippen LogP contribution in [0.5, 0.6) is 0 Å². The summed E-state index contributed by atoms with van der Waals surface area (Å²) >= 11 is 6.05. The van der Waals surface area contributed by atoms with Gasteiger partial charge in [0.15, 0.2) is 0 Å². The fourth-order valence-electron chi connectivity index (χ4n) is 2.12. The molecule has 0 N–H and O–H groups in total. The average Bonchev–Trinajstić information content (AvgIpc) is 2.55. The zero-order chi connectivity index (χ0) is 18.8. The Bertz CT molecular complexity index is 899. The Morgan fingerprint density at radius 2 is 1.84 bits per heavy atom. The average molecular weight is 386 g/mol. The van der Waals surface area contributed by atoms with Crippen molar-refractivity contribution in [2.75, 3.05) is 14.1 Å². The monoisotopic (exact) mass is 385 g/mol. The number of carbonyl (C=O) groups excluding carboxylic acids is 1. The van der Waals surface area contributed by atoms with Crippen LogP contribution in [-0.2, 0) is 14.8 Å². The van der Waals surface area contributed by atoms with E-state index in [1.165, 1.54) is 14.1 Å². The highest BCUT2D eigenvalue weighted by Gasteiger charge is 2.23. The van der Waals surface area contributed by atoms with Gasteiger partial charge in [0.1, 0.15) is 11.9 Å². The van der Waals surface area contributed by atoms with Gasteiger partial charge in [-0.3, -0.25) is 0 Å². The number of hydrogen-bond acceptors (Lipinski definition) is 4. The number of esters is 1. The van der Waals surface area contributed by atoms with Gasteiger partial charge >= 0.3 is 5.97 Å². The predicted octanol–water partition coefficient (Wildman–Crippen LogP) is 3.65. The maximum Gasteiger partial charge on any atom is 0.341 e. The highest BCUT2D eigenvalue weighted by Crippen LogP contribution is 2.27. The molecule has 5 nitrogen and oxygen atoms in total. The molecule has 134 valence electrons. The van der Waals surface area contributed by atoms with E-state index in [2.05, 4.69) is 0 Å². The third-order valence-corrected chi connectivity index (χ3v) is 5.72. The molecule has 0 spiro atoms. The van der Waals surface area contributed by atoms with E-state index in [-0.39, 0.29) is 4.90 Å². The van der Waals surface area contributed by atoms with Crippen LogP contribution in [0.15, 0.2) is 47.4 Å².